The fourth-order valence-corrected chi connectivity index (χ4v) is 5.51. The van der Waals surface area contributed by atoms with E-state index < -0.39 is 0 Å². The maximum atomic E-state index is 12.7. The Labute approximate surface area is 109 Å². The van der Waals surface area contributed by atoms with Crippen LogP contribution in [0.5, 0.6) is 0 Å². The van der Waals surface area contributed by atoms with Gasteiger partial charge in [0.2, 0.25) is 5.91 Å². The molecule has 5 aliphatic rings. The molecule has 0 atom stereocenters. The Hall–Kier alpha value is -0.570. The molecule has 5 aliphatic carbocycles. The number of hydrogen-bond acceptors (Lipinski definition) is 2. The highest BCUT2D eigenvalue weighted by Crippen LogP contribution is 2.60. The predicted octanol–water partition coefficient (Wildman–Crippen LogP) is 1.81. The molecule has 3 heteroatoms. The molecule has 5 rings (SSSR count). The van der Waals surface area contributed by atoms with Crippen molar-refractivity contribution in [1.29, 1.82) is 0 Å². The summed E-state index contributed by atoms with van der Waals surface area (Å²) in [4.78, 5) is 12.7. The van der Waals surface area contributed by atoms with Gasteiger partial charge in [-0.05, 0) is 69.1 Å². The van der Waals surface area contributed by atoms with Crippen LogP contribution in [-0.4, -0.2) is 18.0 Å². The third-order valence-corrected chi connectivity index (χ3v) is 6.03. The van der Waals surface area contributed by atoms with Crippen LogP contribution in [0.15, 0.2) is 0 Å². The van der Waals surface area contributed by atoms with E-state index in [9.17, 15) is 4.79 Å². The molecule has 18 heavy (non-hydrogen) atoms. The summed E-state index contributed by atoms with van der Waals surface area (Å²) in [5.41, 5.74) is 5.82. The molecule has 100 valence electrons. The fourth-order valence-electron chi connectivity index (χ4n) is 5.51. The Kier molecular flexibility index (Phi) is 2.33. The SMILES string of the molecule is NC1CC(NC(=O)C23CC4CC(CC(C4)C2)C3)C1. The first-order valence-electron chi connectivity index (χ1n) is 7.69. The second-order valence-electron chi connectivity index (χ2n) is 7.60. The highest BCUT2D eigenvalue weighted by atomic mass is 16.2. The van der Waals surface area contributed by atoms with Crippen LogP contribution in [0, 0.1) is 23.2 Å². The summed E-state index contributed by atoms with van der Waals surface area (Å²) < 4.78 is 0. The average molecular weight is 248 g/mol. The van der Waals surface area contributed by atoms with Gasteiger partial charge in [0.1, 0.15) is 0 Å². The lowest BCUT2D eigenvalue weighted by Gasteiger charge is -2.56. The maximum Gasteiger partial charge on any atom is 0.226 e. The first-order valence-corrected chi connectivity index (χ1v) is 7.69. The van der Waals surface area contributed by atoms with Gasteiger partial charge in [-0.3, -0.25) is 4.79 Å². The van der Waals surface area contributed by atoms with Crippen LogP contribution >= 0.6 is 0 Å². The maximum absolute atomic E-state index is 12.7. The quantitative estimate of drug-likeness (QED) is 0.783. The summed E-state index contributed by atoms with van der Waals surface area (Å²) in [6.45, 7) is 0. The average Bonchev–Trinajstić information content (AvgIpc) is 2.24. The van der Waals surface area contributed by atoms with Crippen molar-refractivity contribution in [2.75, 3.05) is 0 Å². The minimum atomic E-state index is 0.0223. The van der Waals surface area contributed by atoms with Crippen molar-refractivity contribution in [3.63, 3.8) is 0 Å². The fraction of sp³-hybridized carbons (Fsp3) is 0.933. The molecule has 0 saturated heterocycles. The van der Waals surface area contributed by atoms with Gasteiger partial charge in [-0.1, -0.05) is 0 Å². The number of carbonyl (C=O) groups is 1. The standard InChI is InChI=1S/C15H24N2O/c16-12-4-13(5-12)17-14(18)15-6-9-1-10(7-15)3-11(2-9)8-15/h9-13H,1-8,16H2,(H,17,18). The van der Waals surface area contributed by atoms with E-state index in [0.717, 1.165) is 30.6 Å². The van der Waals surface area contributed by atoms with Crippen LogP contribution in [0.2, 0.25) is 0 Å². The monoisotopic (exact) mass is 248 g/mol. The molecule has 0 radical (unpaired) electrons. The number of amides is 1. The number of nitrogens with two attached hydrogens (primary N) is 1. The van der Waals surface area contributed by atoms with Gasteiger partial charge in [0.25, 0.3) is 0 Å². The van der Waals surface area contributed by atoms with Gasteiger partial charge in [0.05, 0.1) is 0 Å². The van der Waals surface area contributed by atoms with Crippen LogP contribution in [0.25, 0.3) is 0 Å². The minimum absolute atomic E-state index is 0.0223. The normalized spacial score (nSPS) is 53.1. The summed E-state index contributed by atoms with van der Waals surface area (Å²) in [5.74, 6) is 2.93. The van der Waals surface area contributed by atoms with Crippen molar-refractivity contribution in [2.45, 2.75) is 63.5 Å². The molecule has 3 nitrogen and oxygen atoms in total. The molecule has 0 spiro atoms. The van der Waals surface area contributed by atoms with E-state index in [4.69, 9.17) is 5.73 Å². The molecule has 0 aromatic carbocycles. The molecule has 0 aromatic rings. The van der Waals surface area contributed by atoms with Gasteiger partial charge in [-0.15, -0.1) is 0 Å². The zero-order valence-corrected chi connectivity index (χ0v) is 11.0. The summed E-state index contributed by atoms with van der Waals surface area (Å²) in [6.07, 6.45) is 9.69. The van der Waals surface area contributed by atoms with E-state index in [0.29, 0.717) is 18.0 Å². The van der Waals surface area contributed by atoms with Crippen LogP contribution in [-0.2, 0) is 4.79 Å². The Bertz CT molecular complexity index is 337. The summed E-state index contributed by atoms with van der Waals surface area (Å²) >= 11 is 0. The highest BCUT2D eigenvalue weighted by molar-refractivity contribution is 5.83. The smallest absolute Gasteiger partial charge is 0.226 e. The molecular weight excluding hydrogens is 224 g/mol. The summed E-state index contributed by atoms with van der Waals surface area (Å²) in [5, 5.41) is 3.28. The number of rotatable bonds is 2. The van der Waals surface area contributed by atoms with E-state index >= 15 is 0 Å². The van der Waals surface area contributed by atoms with Gasteiger partial charge in [0, 0.05) is 17.5 Å². The van der Waals surface area contributed by atoms with Crippen LogP contribution in [0.4, 0.5) is 0 Å². The van der Waals surface area contributed by atoms with E-state index in [-0.39, 0.29) is 5.41 Å². The molecule has 4 bridgehead atoms. The van der Waals surface area contributed by atoms with E-state index in [1.54, 1.807) is 0 Å². The molecule has 3 N–H and O–H groups in total. The predicted molar refractivity (Wildman–Crippen MR) is 69.7 cm³/mol. The Morgan fingerprint density at radius 2 is 1.44 bits per heavy atom. The molecule has 5 fully saturated rings. The Morgan fingerprint density at radius 1 is 0.944 bits per heavy atom. The van der Waals surface area contributed by atoms with Gasteiger partial charge in [-0.2, -0.15) is 0 Å². The Balaban J connectivity index is 1.48. The topological polar surface area (TPSA) is 55.1 Å². The van der Waals surface area contributed by atoms with Gasteiger partial charge >= 0.3 is 0 Å². The minimum Gasteiger partial charge on any atom is -0.353 e. The largest absolute Gasteiger partial charge is 0.353 e. The van der Waals surface area contributed by atoms with Crippen LogP contribution < -0.4 is 11.1 Å². The van der Waals surface area contributed by atoms with Crippen molar-refractivity contribution in [1.82, 2.24) is 5.32 Å². The summed E-state index contributed by atoms with van der Waals surface area (Å²) in [6, 6.07) is 0.701. The molecule has 5 saturated carbocycles. The highest BCUT2D eigenvalue weighted by Gasteiger charge is 2.54. The lowest BCUT2D eigenvalue weighted by molar-refractivity contribution is -0.147. The molecule has 0 heterocycles. The summed E-state index contributed by atoms with van der Waals surface area (Å²) in [7, 11) is 0. The number of carbonyl (C=O) groups excluding carboxylic acids is 1. The molecule has 0 aliphatic heterocycles. The van der Waals surface area contributed by atoms with Gasteiger partial charge in [0.15, 0.2) is 0 Å². The molecule has 0 aromatic heterocycles. The first kappa shape index (κ1) is 11.3. The number of hydrogen-bond donors (Lipinski definition) is 2. The first-order chi connectivity index (χ1) is 8.63. The third-order valence-electron chi connectivity index (χ3n) is 6.03. The van der Waals surface area contributed by atoms with E-state index in [2.05, 4.69) is 5.32 Å². The van der Waals surface area contributed by atoms with Crippen molar-refractivity contribution < 1.29 is 4.79 Å². The van der Waals surface area contributed by atoms with Gasteiger partial charge < -0.3 is 11.1 Å². The Morgan fingerprint density at radius 3 is 1.89 bits per heavy atom. The van der Waals surface area contributed by atoms with E-state index in [1.807, 2.05) is 0 Å². The van der Waals surface area contributed by atoms with Crippen LogP contribution in [0.1, 0.15) is 51.4 Å². The lowest BCUT2D eigenvalue weighted by Crippen LogP contribution is -2.58. The van der Waals surface area contributed by atoms with Crippen molar-refractivity contribution in [3.05, 3.63) is 0 Å². The molecule has 1 amide bonds. The zero-order chi connectivity index (χ0) is 12.3. The second kappa shape index (κ2) is 3.72. The van der Waals surface area contributed by atoms with Crippen molar-refractivity contribution in [3.8, 4) is 0 Å². The van der Waals surface area contributed by atoms with E-state index in [1.165, 1.54) is 38.5 Å². The van der Waals surface area contributed by atoms with Gasteiger partial charge in [-0.25, -0.2) is 0 Å². The zero-order valence-electron chi connectivity index (χ0n) is 11.0. The van der Waals surface area contributed by atoms with Crippen molar-refractivity contribution in [2.24, 2.45) is 28.9 Å². The lowest BCUT2D eigenvalue weighted by atomic mass is 9.49. The number of nitrogens with one attached hydrogen (secondary N) is 1. The third kappa shape index (κ3) is 1.63. The molecular formula is C15H24N2O. The second-order valence-corrected chi connectivity index (χ2v) is 7.60. The molecule has 0 unspecified atom stereocenters. The van der Waals surface area contributed by atoms with Crippen molar-refractivity contribution >= 4 is 5.91 Å². The van der Waals surface area contributed by atoms with Crippen LogP contribution in [0.3, 0.4) is 0 Å².